The number of carbonyl (C=O) groups excluding carboxylic acids is 5. The van der Waals surface area contributed by atoms with Crippen LogP contribution >= 0.6 is 0 Å². The van der Waals surface area contributed by atoms with Crippen molar-refractivity contribution >= 4 is 29.7 Å². The van der Waals surface area contributed by atoms with Gasteiger partial charge < -0.3 is 47.3 Å². The molecule has 0 saturated carbocycles. The Morgan fingerprint density at radius 3 is 1.49 bits per heavy atom. The molecule has 4 unspecified atom stereocenters. The van der Waals surface area contributed by atoms with Crippen LogP contribution in [-0.4, -0.2) is 82.9 Å². The Balaban J connectivity index is 0.000000530. The Labute approximate surface area is 301 Å². The normalized spacial score (nSPS) is 14.5. The van der Waals surface area contributed by atoms with E-state index < -0.39 is 47.8 Å². The van der Waals surface area contributed by atoms with E-state index in [0.29, 0.717) is 19.3 Å². The van der Waals surface area contributed by atoms with E-state index in [1.807, 2.05) is 88.4 Å². The number of ether oxygens (including phenoxy) is 1. The van der Waals surface area contributed by atoms with Gasteiger partial charge in [0.1, 0.15) is 11.7 Å². The minimum atomic E-state index is -1.50. The van der Waals surface area contributed by atoms with Crippen LogP contribution in [0.5, 0.6) is 0 Å². The Morgan fingerprint density at radius 1 is 0.686 bits per heavy atom. The van der Waals surface area contributed by atoms with Gasteiger partial charge in [0.05, 0.1) is 31.2 Å². The maximum Gasteiger partial charge on any atom is 0.407 e. The number of amides is 5. The summed E-state index contributed by atoms with van der Waals surface area (Å²) in [5.74, 6) is -2.06. The highest BCUT2D eigenvalue weighted by Gasteiger charge is 2.29. The van der Waals surface area contributed by atoms with Crippen molar-refractivity contribution in [2.24, 2.45) is 5.73 Å². The first-order valence-corrected chi connectivity index (χ1v) is 17.3. The maximum atomic E-state index is 12.3. The molecule has 0 saturated heterocycles. The molecule has 0 aromatic heterocycles. The van der Waals surface area contributed by atoms with Gasteiger partial charge in [0.15, 0.2) is 6.10 Å². The van der Waals surface area contributed by atoms with Crippen LogP contribution in [0.4, 0.5) is 4.79 Å². The Kier molecular flexibility index (Phi) is 20.1. The number of alkyl carbamates (subject to hydrolysis) is 1. The lowest BCUT2D eigenvalue weighted by atomic mass is 10.1. The molecule has 284 valence electrons. The molecule has 5 amide bonds. The van der Waals surface area contributed by atoms with E-state index in [9.17, 15) is 34.2 Å². The average Bonchev–Trinajstić information content (AvgIpc) is 3.09. The molecule has 14 nitrogen and oxygen atoms in total. The minimum absolute atomic E-state index is 0.155. The highest BCUT2D eigenvalue weighted by Crippen LogP contribution is 2.12. The number of aliphatic hydroxyl groups is 2. The lowest BCUT2D eigenvalue weighted by Crippen LogP contribution is -2.52. The van der Waals surface area contributed by atoms with Crippen LogP contribution in [0.1, 0.15) is 97.4 Å². The van der Waals surface area contributed by atoms with Crippen LogP contribution in [0.2, 0.25) is 0 Å². The van der Waals surface area contributed by atoms with Gasteiger partial charge in [-0.25, -0.2) is 4.79 Å². The number of nitrogens with two attached hydrogens (primary N) is 1. The molecule has 51 heavy (non-hydrogen) atoms. The van der Waals surface area contributed by atoms with E-state index in [-0.39, 0.29) is 37.0 Å². The molecule has 6 atom stereocenters. The van der Waals surface area contributed by atoms with Gasteiger partial charge in [-0.1, -0.05) is 87.4 Å². The number of hydrogen-bond acceptors (Lipinski definition) is 9. The van der Waals surface area contributed by atoms with Gasteiger partial charge in [0, 0.05) is 6.04 Å². The van der Waals surface area contributed by atoms with Crippen molar-refractivity contribution in [2.45, 2.75) is 116 Å². The highest BCUT2D eigenvalue weighted by molar-refractivity contribution is 5.88. The number of nitrogens with one attached hydrogen (secondary N) is 5. The lowest BCUT2D eigenvalue weighted by molar-refractivity contribution is -0.133. The van der Waals surface area contributed by atoms with Gasteiger partial charge in [-0.2, -0.15) is 0 Å². The summed E-state index contributed by atoms with van der Waals surface area (Å²) in [7, 11) is 0. The summed E-state index contributed by atoms with van der Waals surface area (Å²) in [5.41, 5.74) is 6.91. The first kappa shape index (κ1) is 44.5. The average molecular weight is 715 g/mol. The van der Waals surface area contributed by atoms with E-state index in [2.05, 4.69) is 26.6 Å². The van der Waals surface area contributed by atoms with Gasteiger partial charge >= 0.3 is 6.09 Å². The number of rotatable bonds is 17. The quantitative estimate of drug-likeness (QED) is 0.120. The summed E-state index contributed by atoms with van der Waals surface area (Å²) in [6, 6.07) is 17.1. The van der Waals surface area contributed by atoms with Crippen LogP contribution in [0.25, 0.3) is 0 Å². The molecule has 0 bridgehead atoms. The fourth-order valence-electron chi connectivity index (χ4n) is 4.73. The second-order valence-corrected chi connectivity index (χ2v) is 13.2. The first-order valence-electron chi connectivity index (χ1n) is 17.3. The summed E-state index contributed by atoms with van der Waals surface area (Å²) in [4.78, 5) is 59.8. The standard InChI is InChI=1S/C21H33N3O5.C16H25N3O3/c1-6-10-16(24-20(28)29-21(3,4)5)18(26)19(27)22-13-17(25)23-14(2)15-11-8-7-9-12-15;1-3-7-13(17)15(21)16(22)18-10-14(20)19-11(2)12-8-5-4-6-9-12/h7-9,11-12,14,16,18,26H,6,10,13H2,1-5H3,(H,22,27)(H,23,25)(H,24,28);4-6,8-9,11,13,15,21H,3,7,10,17H2,1-2H3,(H,18,22)(H,19,20)/t14-,16?,18?;11-,13?,15?/m11/s1. The summed E-state index contributed by atoms with van der Waals surface area (Å²) >= 11 is 0. The van der Waals surface area contributed by atoms with E-state index in [1.54, 1.807) is 20.8 Å². The topological polar surface area (TPSA) is 221 Å². The minimum Gasteiger partial charge on any atom is -0.444 e. The Hall–Kier alpha value is -4.53. The summed E-state index contributed by atoms with van der Waals surface area (Å²) < 4.78 is 5.17. The molecule has 0 spiro atoms. The SMILES string of the molecule is CCCC(N)C(O)C(=O)NCC(=O)N[C@H](C)c1ccccc1.CCCC(NC(=O)OC(C)(C)C)C(O)C(=O)NCC(=O)N[C@H](C)c1ccccc1. The summed E-state index contributed by atoms with van der Waals surface area (Å²) in [6.45, 7) is 12.2. The number of benzene rings is 2. The van der Waals surface area contributed by atoms with E-state index in [1.165, 1.54) is 0 Å². The number of aliphatic hydroxyl groups excluding tert-OH is 2. The number of hydrogen-bond donors (Lipinski definition) is 8. The van der Waals surface area contributed by atoms with Crippen molar-refractivity contribution in [1.82, 2.24) is 26.6 Å². The molecule has 0 fully saturated rings. The lowest BCUT2D eigenvalue weighted by Gasteiger charge is -2.26. The molecular weight excluding hydrogens is 656 g/mol. The Bertz CT molecular complexity index is 1360. The second kappa shape index (κ2) is 23.0. The van der Waals surface area contributed by atoms with Gasteiger partial charge in [-0.05, 0) is 58.6 Å². The maximum absolute atomic E-state index is 12.3. The fraction of sp³-hybridized carbons (Fsp3) is 0.541. The predicted molar refractivity (Wildman–Crippen MR) is 195 cm³/mol. The third kappa shape index (κ3) is 18.3. The highest BCUT2D eigenvalue weighted by atomic mass is 16.6. The van der Waals surface area contributed by atoms with Gasteiger partial charge in [0.2, 0.25) is 11.8 Å². The van der Waals surface area contributed by atoms with Crippen molar-refractivity contribution in [2.75, 3.05) is 13.1 Å². The summed E-state index contributed by atoms with van der Waals surface area (Å²) in [6.07, 6.45) is -1.16. The van der Waals surface area contributed by atoms with Gasteiger partial charge in [0.25, 0.3) is 11.8 Å². The number of carbonyl (C=O) groups is 5. The fourth-order valence-corrected chi connectivity index (χ4v) is 4.73. The van der Waals surface area contributed by atoms with E-state index in [4.69, 9.17) is 10.5 Å². The molecule has 0 aliphatic carbocycles. The second-order valence-electron chi connectivity index (χ2n) is 13.2. The zero-order valence-electron chi connectivity index (χ0n) is 30.9. The van der Waals surface area contributed by atoms with Gasteiger partial charge in [-0.3, -0.25) is 19.2 Å². The van der Waals surface area contributed by atoms with Crippen molar-refractivity contribution in [3.05, 3.63) is 71.8 Å². The molecule has 0 heterocycles. The largest absolute Gasteiger partial charge is 0.444 e. The molecular formula is C37H58N6O8. The molecule has 2 aromatic rings. The zero-order valence-corrected chi connectivity index (χ0v) is 30.9. The van der Waals surface area contributed by atoms with Crippen molar-refractivity contribution < 1.29 is 38.9 Å². The first-order chi connectivity index (χ1) is 24.0. The van der Waals surface area contributed by atoms with Crippen molar-refractivity contribution in [3.8, 4) is 0 Å². The van der Waals surface area contributed by atoms with Crippen LogP contribution in [-0.2, 0) is 23.9 Å². The van der Waals surface area contributed by atoms with Crippen LogP contribution in [0.3, 0.4) is 0 Å². The van der Waals surface area contributed by atoms with Crippen LogP contribution in [0.15, 0.2) is 60.7 Å². The monoisotopic (exact) mass is 714 g/mol. The molecule has 2 rings (SSSR count). The molecule has 0 aliphatic rings. The predicted octanol–water partition coefficient (Wildman–Crippen LogP) is 2.50. The van der Waals surface area contributed by atoms with E-state index in [0.717, 1.165) is 17.5 Å². The molecule has 9 N–H and O–H groups in total. The Morgan fingerprint density at radius 2 is 1.10 bits per heavy atom. The molecule has 0 aliphatic heterocycles. The third-order valence-electron chi connectivity index (χ3n) is 7.45. The van der Waals surface area contributed by atoms with Crippen LogP contribution in [0, 0.1) is 0 Å². The third-order valence-corrected chi connectivity index (χ3v) is 7.45. The van der Waals surface area contributed by atoms with Crippen molar-refractivity contribution in [1.29, 1.82) is 0 Å². The smallest absolute Gasteiger partial charge is 0.407 e. The van der Waals surface area contributed by atoms with Crippen LogP contribution < -0.4 is 32.3 Å². The van der Waals surface area contributed by atoms with Gasteiger partial charge in [-0.15, -0.1) is 0 Å². The molecule has 2 aromatic carbocycles. The molecule has 0 radical (unpaired) electrons. The zero-order chi connectivity index (χ0) is 38.6. The van der Waals surface area contributed by atoms with E-state index >= 15 is 0 Å². The summed E-state index contributed by atoms with van der Waals surface area (Å²) in [5, 5.41) is 32.9. The molecule has 14 heteroatoms. The van der Waals surface area contributed by atoms with Crippen molar-refractivity contribution in [3.63, 3.8) is 0 Å².